The lowest BCUT2D eigenvalue weighted by atomic mass is 9.85. The Kier molecular flexibility index (Phi) is 5.39. The van der Waals surface area contributed by atoms with Gasteiger partial charge in [0.1, 0.15) is 0 Å². The highest BCUT2D eigenvalue weighted by Gasteiger charge is 2.61. The first-order chi connectivity index (χ1) is 9.15. The van der Waals surface area contributed by atoms with Crippen LogP contribution in [0.4, 0.5) is 13.2 Å². The maximum Gasteiger partial charge on any atom is 0.404 e. The van der Waals surface area contributed by atoms with Crippen molar-refractivity contribution in [3.05, 3.63) is 0 Å². The van der Waals surface area contributed by atoms with E-state index in [1.165, 1.54) is 14.0 Å². The molecule has 1 saturated heterocycles. The number of alkyl halides is 3. The van der Waals surface area contributed by atoms with Crippen molar-refractivity contribution in [3.63, 3.8) is 0 Å². The summed E-state index contributed by atoms with van der Waals surface area (Å²) in [5, 5.41) is 14.7. The van der Waals surface area contributed by atoms with Crippen LogP contribution in [-0.4, -0.2) is 56.1 Å². The Morgan fingerprint density at radius 2 is 2.15 bits per heavy atom. The second-order valence-electron chi connectivity index (χ2n) is 5.43. The third-order valence-corrected chi connectivity index (χ3v) is 3.61. The smallest absolute Gasteiger partial charge is 0.388 e. The number of rotatable bonds is 6. The zero-order valence-electron chi connectivity index (χ0n) is 11.6. The second kappa shape index (κ2) is 6.28. The van der Waals surface area contributed by atoms with Gasteiger partial charge in [-0.3, -0.25) is 4.79 Å². The summed E-state index contributed by atoms with van der Waals surface area (Å²) in [5.41, 5.74) is -3.70. The maximum atomic E-state index is 13.1. The average molecular weight is 298 g/mol. The number of ether oxygens (including phenoxy) is 1. The predicted octanol–water partition coefficient (Wildman–Crippen LogP) is 0.432. The molecule has 1 rings (SSSR count). The zero-order valence-corrected chi connectivity index (χ0v) is 11.6. The SMILES string of the molecule is COCCC(C)(O)CNC(=O)C1(C(F)(F)F)CCNC1. The second-order valence-corrected chi connectivity index (χ2v) is 5.43. The van der Waals surface area contributed by atoms with Crippen molar-refractivity contribution in [1.29, 1.82) is 0 Å². The standard InChI is InChI=1S/C12H21F3N2O3/c1-10(19,4-6-20-2)7-17-9(18)11(12(13,14)15)3-5-16-8-11/h16,19H,3-8H2,1-2H3,(H,17,18). The van der Waals surface area contributed by atoms with Crippen LogP contribution in [0.2, 0.25) is 0 Å². The van der Waals surface area contributed by atoms with E-state index in [1.807, 2.05) is 0 Å². The summed E-state index contributed by atoms with van der Waals surface area (Å²) >= 11 is 0. The molecule has 20 heavy (non-hydrogen) atoms. The van der Waals surface area contributed by atoms with Crippen molar-refractivity contribution in [2.24, 2.45) is 5.41 Å². The van der Waals surface area contributed by atoms with Crippen molar-refractivity contribution in [2.45, 2.75) is 31.5 Å². The molecule has 5 nitrogen and oxygen atoms in total. The highest BCUT2D eigenvalue weighted by atomic mass is 19.4. The number of hydrogen-bond acceptors (Lipinski definition) is 4. The fourth-order valence-corrected chi connectivity index (χ4v) is 2.11. The maximum absolute atomic E-state index is 13.1. The minimum atomic E-state index is -4.61. The van der Waals surface area contributed by atoms with Crippen LogP contribution in [0.3, 0.4) is 0 Å². The van der Waals surface area contributed by atoms with Crippen LogP contribution < -0.4 is 10.6 Å². The molecule has 0 saturated carbocycles. The molecule has 1 fully saturated rings. The molecule has 0 aliphatic carbocycles. The summed E-state index contributed by atoms with van der Waals surface area (Å²) in [4.78, 5) is 11.9. The summed E-state index contributed by atoms with van der Waals surface area (Å²) in [6.45, 7) is 1.18. The van der Waals surface area contributed by atoms with Crippen LogP contribution in [-0.2, 0) is 9.53 Å². The summed E-state index contributed by atoms with van der Waals surface area (Å²) in [6.07, 6.45) is -4.68. The van der Waals surface area contributed by atoms with Gasteiger partial charge in [-0.05, 0) is 19.9 Å². The van der Waals surface area contributed by atoms with Crippen molar-refractivity contribution in [3.8, 4) is 0 Å². The largest absolute Gasteiger partial charge is 0.404 e. The molecule has 8 heteroatoms. The van der Waals surface area contributed by atoms with Crippen LogP contribution in [0.1, 0.15) is 19.8 Å². The molecule has 1 amide bonds. The molecule has 1 aliphatic rings. The van der Waals surface area contributed by atoms with Gasteiger partial charge in [-0.25, -0.2) is 0 Å². The minimum absolute atomic E-state index is 0.146. The van der Waals surface area contributed by atoms with E-state index in [9.17, 15) is 23.1 Å². The molecule has 0 aromatic carbocycles. The Morgan fingerprint density at radius 3 is 2.60 bits per heavy atom. The van der Waals surface area contributed by atoms with Crippen molar-refractivity contribution in [1.82, 2.24) is 10.6 Å². The van der Waals surface area contributed by atoms with Crippen LogP contribution in [0.15, 0.2) is 0 Å². The lowest BCUT2D eigenvalue weighted by Gasteiger charge is -2.31. The molecule has 118 valence electrons. The first kappa shape index (κ1) is 17.2. The molecule has 2 atom stereocenters. The van der Waals surface area contributed by atoms with Crippen molar-refractivity contribution in [2.75, 3.05) is 33.4 Å². The van der Waals surface area contributed by atoms with Gasteiger partial charge in [0, 0.05) is 33.2 Å². The van der Waals surface area contributed by atoms with Gasteiger partial charge in [-0.1, -0.05) is 0 Å². The number of aliphatic hydroxyl groups is 1. The Hall–Kier alpha value is -0.860. The number of nitrogens with one attached hydrogen (secondary N) is 2. The Labute approximate surface area is 115 Å². The molecule has 0 aromatic heterocycles. The van der Waals surface area contributed by atoms with Gasteiger partial charge in [-0.2, -0.15) is 13.2 Å². The zero-order chi connectivity index (χ0) is 15.4. The average Bonchev–Trinajstić information content (AvgIpc) is 2.83. The van der Waals surface area contributed by atoms with E-state index in [0.717, 1.165) is 0 Å². The molecule has 0 spiro atoms. The van der Waals surface area contributed by atoms with E-state index in [4.69, 9.17) is 4.74 Å². The first-order valence-electron chi connectivity index (χ1n) is 6.42. The van der Waals surface area contributed by atoms with Crippen LogP contribution in [0.5, 0.6) is 0 Å². The fraction of sp³-hybridized carbons (Fsp3) is 0.917. The third kappa shape index (κ3) is 3.83. The molecule has 1 heterocycles. The van der Waals surface area contributed by atoms with E-state index in [-0.39, 0.29) is 32.5 Å². The lowest BCUT2D eigenvalue weighted by Crippen LogP contribution is -2.54. The summed E-state index contributed by atoms with van der Waals surface area (Å²) in [5.74, 6) is -1.09. The van der Waals surface area contributed by atoms with Crippen LogP contribution >= 0.6 is 0 Å². The molecular formula is C12H21F3N2O3. The van der Waals surface area contributed by atoms with Gasteiger partial charge < -0.3 is 20.5 Å². The third-order valence-electron chi connectivity index (χ3n) is 3.61. The van der Waals surface area contributed by atoms with Crippen molar-refractivity contribution >= 4 is 5.91 Å². The van der Waals surface area contributed by atoms with Gasteiger partial charge in [0.05, 0.1) is 5.60 Å². The Balaban J connectivity index is 2.65. The quantitative estimate of drug-likeness (QED) is 0.665. The van der Waals surface area contributed by atoms with Gasteiger partial charge in [-0.15, -0.1) is 0 Å². The number of carbonyl (C=O) groups is 1. The highest BCUT2D eigenvalue weighted by Crippen LogP contribution is 2.43. The van der Waals surface area contributed by atoms with E-state index in [0.29, 0.717) is 0 Å². The molecule has 0 bridgehead atoms. The number of methoxy groups -OCH3 is 1. The predicted molar refractivity (Wildman–Crippen MR) is 66.1 cm³/mol. The number of hydrogen-bond donors (Lipinski definition) is 3. The number of carbonyl (C=O) groups excluding carboxylic acids is 1. The summed E-state index contributed by atoms with van der Waals surface area (Å²) < 4.78 is 44.1. The molecular weight excluding hydrogens is 277 g/mol. The van der Waals surface area contributed by atoms with Crippen molar-refractivity contribution < 1.29 is 27.8 Å². The normalized spacial score (nSPS) is 26.3. The van der Waals surface area contributed by atoms with E-state index in [1.54, 1.807) is 0 Å². The van der Waals surface area contributed by atoms with Gasteiger partial charge >= 0.3 is 6.18 Å². The number of amides is 1. The van der Waals surface area contributed by atoms with Gasteiger partial charge in [0.2, 0.25) is 5.91 Å². The molecule has 0 aromatic rings. The van der Waals surface area contributed by atoms with E-state index >= 15 is 0 Å². The topological polar surface area (TPSA) is 70.6 Å². The highest BCUT2D eigenvalue weighted by molar-refractivity contribution is 5.84. The Morgan fingerprint density at radius 1 is 1.50 bits per heavy atom. The summed E-state index contributed by atoms with van der Waals surface area (Å²) in [6, 6.07) is 0. The fourth-order valence-electron chi connectivity index (χ4n) is 2.11. The van der Waals surface area contributed by atoms with E-state index < -0.39 is 29.6 Å². The van der Waals surface area contributed by atoms with Crippen LogP contribution in [0, 0.1) is 5.41 Å². The number of halogens is 3. The lowest BCUT2D eigenvalue weighted by molar-refractivity contribution is -0.216. The van der Waals surface area contributed by atoms with E-state index in [2.05, 4.69) is 10.6 Å². The molecule has 2 unspecified atom stereocenters. The Bertz CT molecular complexity index is 339. The minimum Gasteiger partial charge on any atom is -0.388 e. The van der Waals surface area contributed by atoms with Gasteiger partial charge in [0.25, 0.3) is 0 Å². The first-order valence-corrected chi connectivity index (χ1v) is 6.42. The molecule has 1 aliphatic heterocycles. The monoisotopic (exact) mass is 298 g/mol. The van der Waals surface area contributed by atoms with Gasteiger partial charge in [0.15, 0.2) is 5.41 Å². The molecule has 3 N–H and O–H groups in total. The van der Waals surface area contributed by atoms with Crippen LogP contribution in [0.25, 0.3) is 0 Å². The molecule has 0 radical (unpaired) electrons. The summed E-state index contributed by atoms with van der Waals surface area (Å²) in [7, 11) is 1.46.